The Labute approximate surface area is 105 Å². The molecule has 0 spiro atoms. The van der Waals surface area contributed by atoms with Gasteiger partial charge in [0.25, 0.3) is 0 Å². The minimum atomic E-state index is 0.490. The van der Waals surface area contributed by atoms with Gasteiger partial charge in [-0.05, 0) is 23.1 Å². The number of halogens is 1. The highest BCUT2D eigenvalue weighted by Gasteiger charge is 2.06. The predicted octanol–water partition coefficient (Wildman–Crippen LogP) is 3.94. The van der Waals surface area contributed by atoms with E-state index < -0.39 is 0 Å². The summed E-state index contributed by atoms with van der Waals surface area (Å²) in [6, 6.07) is 8.54. The number of hydrogen-bond donors (Lipinski definition) is 0. The zero-order valence-electron chi connectivity index (χ0n) is 9.32. The smallest absolute Gasteiger partial charge is 0.0713 e. The third-order valence-electron chi connectivity index (χ3n) is 2.65. The molecule has 0 N–H and O–H groups in total. The Hall–Kier alpha value is -0.860. The maximum atomic E-state index is 5.09. The number of benzene rings is 1. The summed E-state index contributed by atoms with van der Waals surface area (Å²) in [5.41, 5.74) is 3.79. The maximum Gasteiger partial charge on any atom is 0.0713 e. The van der Waals surface area contributed by atoms with Gasteiger partial charge in [-0.1, -0.05) is 58.4 Å². The number of methoxy groups -OCH3 is 1. The Morgan fingerprint density at radius 3 is 2.62 bits per heavy atom. The molecule has 1 aliphatic carbocycles. The molecule has 0 heterocycles. The number of alkyl halides is 1. The molecule has 0 aliphatic heterocycles. The first kappa shape index (κ1) is 11.6. The van der Waals surface area contributed by atoms with Crippen LogP contribution in [0.4, 0.5) is 0 Å². The minimum absolute atomic E-state index is 0.490. The number of hydrogen-bond acceptors (Lipinski definition) is 1. The highest BCUT2D eigenvalue weighted by Crippen LogP contribution is 2.24. The van der Waals surface area contributed by atoms with Crippen molar-refractivity contribution in [3.05, 3.63) is 53.6 Å². The normalized spacial score (nSPS) is 19.6. The van der Waals surface area contributed by atoms with Crippen molar-refractivity contribution in [1.29, 1.82) is 0 Å². The quantitative estimate of drug-likeness (QED) is 0.761. The van der Waals surface area contributed by atoms with Crippen LogP contribution >= 0.6 is 15.9 Å². The molecule has 1 aromatic rings. The summed E-state index contributed by atoms with van der Waals surface area (Å²) in [6.07, 6.45) is 7.70. The molecule has 1 unspecified atom stereocenters. The van der Waals surface area contributed by atoms with E-state index in [0.717, 1.165) is 6.42 Å². The highest BCUT2D eigenvalue weighted by atomic mass is 79.9. The number of rotatable bonds is 3. The van der Waals surface area contributed by atoms with Gasteiger partial charge in [-0.3, -0.25) is 0 Å². The zero-order chi connectivity index (χ0) is 11.4. The van der Waals surface area contributed by atoms with Crippen LogP contribution in [0.1, 0.15) is 17.5 Å². The Balaban J connectivity index is 2.13. The Morgan fingerprint density at radius 2 is 2.06 bits per heavy atom. The molecule has 1 atom stereocenters. The van der Waals surface area contributed by atoms with E-state index in [2.05, 4.69) is 58.4 Å². The van der Waals surface area contributed by atoms with Crippen molar-refractivity contribution in [3.63, 3.8) is 0 Å². The van der Waals surface area contributed by atoms with Crippen LogP contribution in [0.2, 0.25) is 0 Å². The van der Waals surface area contributed by atoms with Crippen molar-refractivity contribution < 1.29 is 4.74 Å². The van der Waals surface area contributed by atoms with Crippen LogP contribution in [0.25, 0.3) is 5.57 Å². The predicted molar refractivity (Wildman–Crippen MR) is 71.6 cm³/mol. The molecule has 1 nitrogen and oxygen atoms in total. The average molecular weight is 279 g/mol. The summed E-state index contributed by atoms with van der Waals surface area (Å²) in [6.45, 7) is 0.679. The fourth-order valence-electron chi connectivity index (χ4n) is 1.77. The van der Waals surface area contributed by atoms with Gasteiger partial charge in [-0.25, -0.2) is 0 Å². The molecular weight excluding hydrogens is 264 g/mol. The molecule has 0 bridgehead atoms. The molecule has 2 heteroatoms. The van der Waals surface area contributed by atoms with Crippen molar-refractivity contribution >= 4 is 21.5 Å². The van der Waals surface area contributed by atoms with Crippen LogP contribution in [0.3, 0.4) is 0 Å². The summed E-state index contributed by atoms with van der Waals surface area (Å²) in [5.74, 6) is 0. The van der Waals surface area contributed by atoms with Gasteiger partial charge < -0.3 is 4.74 Å². The number of ether oxygens (including phenoxy) is 1. The second-order valence-corrected chi connectivity index (χ2v) is 5.08. The fourth-order valence-corrected chi connectivity index (χ4v) is 2.11. The van der Waals surface area contributed by atoms with Crippen molar-refractivity contribution in [2.24, 2.45) is 0 Å². The third-order valence-corrected chi connectivity index (χ3v) is 3.32. The lowest BCUT2D eigenvalue weighted by molar-refractivity contribution is 0.185. The van der Waals surface area contributed by atoms with Gasteiger partial charge in [0.05, 0.1) is 6.61 Å². The van der Waals surface area contributed by atoms with Gasteiger partial charge in [0.2, 0.25) is 0 Å². The average Bonchev–Trinajstić information content (AvgIpc) is 2.32. The van der Waals surface area contributed by atoms with Crippen LogP contribution < -0.4 is 0 Å². The lowest BCUT2D eigenvalue weighted by Crippen LogP contribution is -1.96. The second kappa shape index (κ2) is 5.46. The molecular formula is C14H15BrO. The summed E-state index contributed by atoms with van der Waals surface area (Å²) >= 11 is 3.57. The maximum absolute atomic E-state index is 5.09. The molecule has 1 aromatic carbocycles. The summed E-state index contributed by atoms with van der Waals surface area (Å²) in [5, 5.41) is 0. The second-order valence-electron chi connectivity index (χ2n) is 3.90. The van der Waals surface area contributed by atoms with Gasteiger partial charge in [0.15, 0.2) is 0 Å². The van der Waals surface area contributed by atoms with Gasteiger partial charge in [-0.15, -0.1) is 0 Å². The van der Waals surface area contributed by atoms with Crippen LogP contribution in [-0.2, 0) is 11.3 Å². The van der Waals surface area contributed by atoms with E-state index in [4.69, 9.17) is 4.74 Å². The first-order valence-corrected chi connectivity index (χ1v) is 6.32. The molecule has 0 fully saturated rings. The van der Waals surface area contributed by atoms with Crippen molar-refractivity contribution in [1.82, 2.24) is 0 Å². The summed E-state index contributed by atoms with van der Waals surface area (Å²) < 4.78 is 5.09. The highest BCUT2D eigenvalue weighted by molar-refractivity contribution is 9.09. The van der Waals surface area contributed by atoms with Gasteiger partial charge in [-0.2, -0.15) is 0 Å². The van der Waals surface area contributed by atoms with E-state index in [9.17, 15) is 0 Å². The van der Waals surface area contributed by atoms with Crippen LogP contribution in [0.15, 0.2) is 42.5 Å². The molecule has 16 heavy (non-hydrogen) atoms. The van der Waals surface area contributed by atoms with E-state index in [0.29, 0.717) is 11.4 Å². The minimum Gasteiger partial charge on any atom is -0.380 e. The molecule has 2 rings (SSSR count). The largest absolute Gasteiger partial charge is 0.380 e. The van der Waals surface area contributed by atoms with E-state index in [-0.39, 0.29) is 0 Å². The topological polar surface area (TPSA) is 9.23 Å². The Bertz CT molecular complexity index is 403. The monoisotopic (exact) mass is 278 g/mol. The van der Waals surface area contributed by atoms with E-state index >= 15 is 0 Å². The van der Waals surface area contributed by atoms with E-state index in [1.807, 2.05) is 0 Å². The molecule has 0 radical (unpaired) electrons. The van der Waals surface area contributed by atoms with E-state index in [1.165, 1.54) is 16.7 Å². The van der Waals surface area contributed by atoms with Crippen molar-refractivity contribution in [3.8, 4) is 0 Å². The fraction of sp³-hybridized carbons (Fsp3) is 0.286. The van der Waals surface area contributed by atoms with Gasteiger partial charge in [0, 0.05) is 11.9 Å². The lowest BCUT2D eigenvalue weighted by Gasteiger charge is -2.11. The molecule has 0 saturated heterocycles. The standard InChI is InChI=1S/C14H15BrO/c1-16-10-11-2-4-12(5-3-11)13-6-8-14(15)9-7-13/h2-8,14H,9-10H2,1H3. The number of allylic oxidation sites excluding steroid dienone is 4. The Morgan fingerprint density at radius 1 is 1.31 bits per heavy atom. The molecule has 1 aliphatic rings. The first-order chi connectivity index (χ1) is 7.79. The SMILES string of the molecule is COCc1ccc(C2=CCC(Br)C=C2)cc1. The Kier molecular flexibility index (Phi) is 3.97. The first-order valence-electron chi connectivity index (χ1n) is 5.40. The molecule has 0 amide bonds. The molecule has 84 valence electrons. The summed E-state index contributed by atoms with van der Waals surface area (Å²) in [4.78, 5) is 0.490. The van der Waals surface area contributed by atoms with Gasteiger partial charge >= 0.3 is 0 Å². The van der Waals surface area contributed by atoms with Crippen LogP contribution in [0, 0.1) is 0 Å². The molecule has 0 saturated carbocycles. The van der Waals surface area contributed by atoms with Crippen LogP contribution in [-0.4, -0.2) is 11.9 Å². The zero-order valence-corrected chi connectivity index (χ0v) is 10.9. The van der Waals surface area contributed by atoms with Crippen LogP contribution in [0.5, 0.6) is 0 Å². The third kappa shape index (κ3) is 2.83. The molecule has 0 aromatic heterocycles. The van der Waals surface area contributed by atoms with Crippen molar-refractivity contribution in [2.75, 3.05) is 7.11 Å². The summed E-state index contributed by atoms with van der Waals surface area (Å²) in [7, 11) is 1.72. The lowest BCUT2D eigenvalue weighted by atomic mass is 9.99. The van der Waals surface area contributed by atoms with Gasteiger partial charge in [0.1, 0.15) is 0 Å². The van der Waals surface area contributed by atoms with E-state index in [1.54, 1.807) is 7.11 Å². The van der Waals surface area contributed by atoms with Crippen molar-refractivity contribution in [2.45, 2.75) is 17.9 Å².